The Morgan fingerprint density at radius 3 is 2.42 bits per heavy atom. The number of amides is 4. The normalized spacial score (nSPS) is 20.7. The molecule has 1 aliphatic carbocycles. The summed E-state index contributed by atoms with van der Waals surface area (Å²) in [4.78, 5) is 41.3. The molecule has 1 unspecified atom stereocenters. The largest absolute Gasteiger partial charge is 0.334 e. The van der Waals surface area contributed by atoms with Crippen LogP contribution in [0, 0.1) is 11.6 Å². The SMILES string of the molecule is CCC1(c2ccc(F)cc2)NC(=O)N(CC(=O)N(Cc2ccccc2F)C2CC2)C1=O. The lowest BCUT2D eigenvalue weighted by molar-refractivity contribution is -0.140. The summed E-state index contributed by atoms with van der Waals surface area (Å²) in [5, 5.41) is 2.68. The standard InChI is InChI=1S/C23H23F2N3O3/c1-2-23(16-7-9-17(24)10-8-16)21(30)28(22(31)26-23)14-20(29)27(18-11-12-18)13-15-5-3-4-6-19(15)25/h3-10,18H,2,11-14H2,1H3,(H,26,31). The number of hydrogen-bond donors (Lipinski definition) is 1. The molecule has 2 aliphatic rings. The molecule has 0 aromatic heterocycles. The van der Waals surface area contributed by atoms with E-state index in [4.69, 9.17) is 0 Å². The molecule has 0 radical (unpaired) electrons. The number of urea groups is 1. The van der Waals surface area contributed by atoms with E-state index in [0.29, 0.717) is 11.1 Å². The summed E-state index contributed by atoms with van der Waals surface area (Å²) in [6, 6.07) is 10.9. The fourth-order valence-electron chi connectivity index (χ4n) is 3.99. The van der Waals surface area contributed by atoms with Crippen molar-refractivity contribution in [2.45, 2.75) is 44.3 Å². The van der Waals surface area contributed by atoms with Crippen LogP contribution in [0.15, 0.2) is 48.5 Å². The quantitative estimate of drug-likeness (QED) is 0.690. The summed E-state index contributed by atoms with van der Waals surface area (Å²) in [6.07, 6.45) is 1.85. The lowest BCUT2D eigenvalue weighted by Crippen LogP contribution is -2.46. The minimum absolute atomic E-state index is 0.0269. The Bertz CT molecular complexity index is 1020. The number of rotatable bonds is 7. The fourth-order valence-corrected chi connectivity index (χ4v) is 3.99. The van der Waals surface area contributed by atoms with Crippen molar-refractivity contribution in [3.8, 4) is 0 Å². The van der Waals surface area contributed by atoms with E-state index in [1.54, 1.807) is 25.1 Å². The molecule has 0 bridgehead atoms. The van der Waals surface area contributed by atoms with Gasteiger partial charge in [0.25, 0.3) is 5.91 Å². The number of nitrogens with zero attached hydrogens (tertiary/aromatic N) is 2. The Morgan fingerprint density at radius 1 is 1.13 bits per heavy atom. The van der Waals surface area contributed by atoms with Crippen LogP contribution in [0.4, 0.5) is 13.6 Å². The highest BCUT2D eigenvalue weighted by atomic mass is 19.1. The predicted octanol–water partition coefficient (Wildman–Crippen LogP) is 3.31. The first-order valence-corrected chi connectivity index (χ1v) is 10.3. The first-order valence-electron chi connectivity index (χ1n) is 10.3. The average Bonchev–Trinajstić information content (AvgIpc) is 3.57. The van der Waals surface area contributed by atoms with Gasteiger partial charge in [-0.2, -0.15) is 0 Å². The van der Waals surface area contributed by atoms with Crippen LogP contribution < -0.4 is 5.32 Å². The molecule has 4 rings (SSSR count). The van der Waals surface area contributed by atoms with Crippen LogP contribution in [0.2, 0.25) is 0 Å². The maximum Gasteiger partial charge on any atom is 0.325 e. The molecule has 162 valence electrons. The van der Waals surface area contributed by atoms with Gasteiger partial charge in [0, 0.05) is 18.2 Å². The highest BCUT2D eigenvalue weighted by Crippen LogP contribution is 2.33. The Morgan fingerprint density at radius 2 is 1.81 bits per heavy atom. The lowest BCUT2D eigenvalue weighted by Gasteiger charge is -2.27. The topological polar surface area (TPSA) is 69.7 Å². The van der Waals surface area contributed by atoms with E-state index in [9.17, 15) is 23.2 Å². The molecule has 4 amide bonds. The Kier molecular flexibility index (Phi) is 5.47. The number of carbonyl (C=O) groups is 3. The molecular formula is C23H23F2N3O3. The number of hydrogen-bond acceptors (Lipinski definition) is 3. The zero-order valence-corrected chi connectivity index (χ0v) is 17.1. The third-order valence-electron chi connectivity index (χ3n) is 5.94. The summed E-state index contributed by atoms with van der Waals surface area (Å²) < 4.78 is 27.4. The van der Waals surface area contributed by atoms with Gasteiger partial charge >= 0.3 is 6.03 Å². The van der Waals surface area contributed by atoms with Crippen molar-refractivity contribution in [3.05, 3.63) is 71.3 Å². The number of carbonyl (C=O) groups excluding carboxylic acids is 3. The average molecular weight is 427 g/mol. The first-order chi connectivity index (χ1) is 14.9. The van der Waals surface area contributed by atoms with Gasteiger partial charge in [-0.25, -0.2) is 13.6 Å². The molecule has 8 heteroatoms. The van der Waals surface area contributed by atoms with Crippen molar-refractivity contribution in [2.75, 3.05) is 6.54 Å². The molecule has 2 aromatic carbocycles. The van der Waals surface area contributed by atoms with Crippen LogP contribution in [-0.2, 0) is 21.7 Å². The summed E-state index contributed by atoms with van der Waals surface area (Å²) in [5.74, 6) is -1.83. The number of halogens is 2. The number of benzene rings is 2. The Balaban J connectivity index is 1.54. The van der Waals surface area contributed by atoms with Crippen molar-refractivity contribution >= 4 is 17.8 Å². The van der Waals surface area contributed by atoms with Crippen LogP contribution in [-0.4, -0.2) is 40.2 Å². The van der Waals surface area contributed by atoms with Crippen molar-refractivity contribution < 1.29 is 23.2 Å². The highest BCUT2D eigenvalue weighted by molar-refractivity contribution is 6.09. The molecule has 6 nitrogen and oxygen atoms in total. The van der Waals surface area contributed by atoms with Gasteiger partial charge in [-0.1, -0.05) is 37.3 Å². The van der Waals surface area contributed by atoms with E-state index in [1.165, 1.54) is 35.2 Å². The molecule has 2 aromatic rings. The van der Waals surface area contributed by atoms with E-state index in [2.05, 4.69) is 5.32 Å². The monoisotopic (exact) mass is 427 g/mol. The molecule has 1 saturated heterocycles. The second-order valence-electron chi connectivity index (χ2n) is 7.93. The van der Waals surface area contributed by atoms with E-state index in [0.717, 1.165) is 17.7 Å². The molecule has 1 saturated carbocycles. The van der Waals surface area contributed by atoms with Gasteiger partial charge in [0.05, 0.1) is 0 Å². The van der Waals surface area contributed by atoms with Gasteiger partial charge in [-0.05, 0) is 43.0 Å². The summed E-state index contributed by atoms with van der Waals surface area (Å²) in [7, 11) is 0. The second-order valence-corrected chi connectivity index (χ2v) is 7.93. The minimum atomic E-state index is -1.35. The third-order valence-corrected chi connectivity index (χ3v) is 5.94. The Labute approximate surface area is 178 Å². The van der Waals surface area contributed by atoms with Crippen LogP contribution in [0.5, 0.6) is 0 Å². The fraction of sp³-hybridized carbons (Fsp3) is 0.348. The van der Waals surface area contributed by atoms with Crippen molar-refractivity contribution in [1.82, 2.24) is 15.1 Å². The van der Waals surface area contributed by atoms with Gasteiger partial charge < -0.3 is 10.2 Å². The molecule has 1 atom stereocenters. The van der Waals surface area contributed by atoms with Crippen LogP contribution in [0.3, 0.4) is 0 Å². The molecule has 2 fully saturated rings. The van der Waals surface area contributed by atoms with E-state index >= 15 is 0 Å². The predicted molar refractivity (Wildman–Crippen MR) is 109 cm³/mol. The second kappa shape index (κ2) is 8.09. The smallest absolute Gasteiger partial charge is 0.325 e. The molecule has 0 spiro atoms. The van der Waals surface area contributed by atoms with Crippen molar-refractivity contribution in [1.29, 1.82) is 0 Å². The maximum absolute atomic E-state index is 14.1. The Hall–Kier alpha value is -3.29. The lowest BCUT2D eigenvalue weighted by atomic mass is 9.87. The third kappa shape index (κ3) is 3.89. The van der Waals surface area contributed by atoms with Gasteiger partial charge in [0.2, 0.25) is 5.91 Å². The van der Waals surface area contributed by atoms with Gasteiger partial charge in [0.15, 0.2) is 0 Å². The highest BCUT2D eigenvalue weighted by Gasteiger charge is 2.52. The van der Waals surface area contributed by atoms with E-state index < -0.39 is 41.6 Å². The van der Waals surface area contributed by atoms with Crippen LogP contribution >= 0.6 is 0 Å². The van der Waals surface area contributed by atoms with Crippen LogP contribution in [0.1, 0.15) is 37.3 Å². The molecule has 1 heterocycles. The summed E-state index contributed by atoms with van der Waals surface area (Å²) in [5.41, 5.74) is -0.509. The number of nitrogens with one attached hydrogen (secondary N) is 1. The van der Waals surface area contributed by atoms with Gasteiger partial charge in [0.1, 0.15) is 23.7 Å². The van der Waals surface area contributed by atoms with Gasteiger partial charge in [-0.15, -0.1) is 0 Å². The first kappa shape index (κ1) is 21.0. The molecule has 1 aliphatic heterocycles. The van der Waals surface area contributed by atoms with Gasteiger partial charge in [-0.3, -0.25) is 14.5 Å². The zero-order chi connectivity index (χ0) is 22.2. The van der Waals surface area contributed by atoms with E-state index in [-0.39, 0.29) is 19.0 Å². The zero-order valence-electron chi connectivity index (χ0n) is 17.1. The van der Waals surface area contributed by atoms with Crippen LogP contribution in [0.25, 0.3) is 0 Å². The minimum Gasteiger partial charge on any atom is -0.334 e. The maximum atomic E-state index is 14.1. The van der Waals surface area contributed by atoms with Crippen molar-refractivity contribution in [3.63, 3.8) is 0 Å². The number of imide groups is 1. The molecular weight excluding hydrogens is 404 g/mol. The summed E-state index contributed by atoms with van der Waals surface area (Å²) >= 11 is 0. The van der Waals surface area contributed by atoms with Crippen molar-refractivity contribution in [2.24, 2.45) is 0 Å². The van der Waals surface area contributed by atoms with E-state index in [1.807, 2.05) is 0 Å². The molecule has 31 heavy (non-hydrogen) atoms. The summed E-state index contributed by atoms with van der Waals surface area (Å²) in [6.45, 7) is 1.39. The molecule has 1 N–H and O–H groups in total.